The lowest BCUT2D eigenvalue weighted by Gasteiger charge is -2.13. The summed E-state index contributed by atoms with van der Waals surface area (Å²) in [6.07, 6.45) is -3.83. The van der Waals surface area contributed by atoms with Crippen molar-refractivity contribution in [1.29, 1.82) is 0 Å². The highest BCUT2D eigenvalue weighted by molar-refractivity contribution is 5.71. The van der Waals surface area contributed by atoms with E-state index in [-0.39, 0.29) is 30.1 Å². The van der Waals surface area contributed by atoms with Crippen molar-refractivity contribution < 1.29 is 27.8 Å². The number of fused-ring (bicyclic) bond motifs is 1. The monoisotopic (exact) mass is 273 g/mol. The Morgan fingerprint density at radius 2 is 2.21 bits per heavy atom. The van der Waals surface area contributed by atoms with E-state index in [0.29, 0.717) is 0 Å². The summed E-state index contributed by atoms with van der Waals surface area (Å²) in [6, 6.07) is 3.56. The first-order valence-corrected chi connectivity index (χ1v) is 5.73. The van der Waals surface area contributed by atoms with Crippen molar-refractivity contribution in [2.24, 2.45) is 5.73 Å². The van der Waals surface area contributed by atoms with Crippen molar-refractivity contribution in [2.45, 2.75) is 25.7 Å². The number of ether oxygens (including phenoxy) is 3. The summed E-state index contributed by atoms with van der Waals surface area (Å²) in [5, 5.41) is 0. The Morgan fingerprint density at radius 1 is 1.47 bits per heavy atom. The van der Waals surface area contributed by atoms with Crippen LogP contribution in [0.2, 0.25) is 0 Å². The van der Waals surface area contributed by atoms with Crippen molar-refractivity contribution in [3.05, 3.63) is 23.8 Å². The zero-order valence-corrected chi connectivity index (χ0v) is 10.2. The SMILES string of the molecule is CCOC(=O)C[C@@H](N)c1cccc2c1OC(F)(F)O2. The standard InChI is InChI=1S/C12H13F2NO4/c1-2-17-10(16)6-8(15)7-4-3-5-9-11(7)19-12(13,14)18-9/h3-5,8H,2,6,15H2,1H3/t8-/m1/s1. The lowest BCUT2D eigenvalue weighted by atomic mass is 10.0. The molecule has 2 N–H and O–H groups in total. The third-order valence-corrected chi connectivity index (χ3v) is 2.55. The van der Waals surface area contributed by atoms with Gasteiger partial charge in [-0.2, -0.15) is 0 Å². The van der Waals surface area contributed by atoms with Gasteiger partial charge in [0.1, 0.15) is 0 Å². The second-order valence-corrected chi connectivity index (χ2v) is 3.96. The summed E-state index contributed by atoms with van der Waals surface area (Å²) in [5.41, 5.74) is 6.09. The van der Waals surface area contributed by atoms with Gasteiger partial charge in [-0.05, 0) is 13.0 Å². The van der Waals surface area contributed by atoms with E-state index >= 15 is 0 Å². The number of hydrogen-bond donors (Lipinski definition) is 1. The number of hydrogen-bond acceptors (Lipinski definition) is 5. The summed E-state index contributed by atoms with van der Waals surface area (Å²) >= 11 is 0. The molecule has 1 heterocycles. The van der Waals surface area contributed by atoms with Crippen molar-refractivity contribution in [1.82, 2.24) is 0 Å². The summed E-state index contributed by atoms with van der Waals surface area (Å²) in [5.74, 6) is -0.732. The molecular formula is C12H13F2NO4. The zero-order chi connectivity index (χ0) is 14.0. The summed E-state index contributed by atoms with van der Waals surface area (Å²) in [4.78, 5) is 11.3. The number of halogens is 2. The normalized spacial score (nSPS) is 17.1. The maximum atomic E-state index is 13.0. The zero-order valence-electron chi connectivity index (χ0n) is 10.2. The third-order valence-electron chi connectivity index (χ3n) is 2.55. The number of para-hydroxylation sites is 1. The topological polar surface area (TPSA) is 70.8 Å². The number of carbonyl (C=O) groups excluding carboxylic acids is 1. The Morgan fingerprint density at radius 3 is 2.89 bits per heavy atom. The first kappa shape index (κ1) is 13.5. The molecule has 1 aliphatic rings. The van der Waals surface area contributed by atoms with E-state index in [4.69, 9.17) is 10.5 Å². The minimum absolute atomic E-state index is 0.0955. The number of nitrogens with two attached hydrogens (primary N) is 1. The van der Waals surface area contributed by atoms with Crippen LogP contribution in [-0.2, 0) is 9.53 Å². The Kier molecular flexibility index (Phi) is 3.57. The average Bonchev–Trinajstić information content (AvgIpc) is 2.62. The van der Waals surface area contributed by atoms with Gasteiger partial charge in [-0.15, -0.1) is 8.78 Å². The largest absolute Gasteiger partial charge is 0.586 e. The lowest BCUT2D eigenvalue weighted by molar-refractivity contribution is -0.287. The highest BCUT2D eigenvalue weighted by Crippen LogP contribution is 2.45. The van der Waals surface area contributed by atoms with Gasteiger partial charge in [-0.3, -0.25) is 4.79 Å². The van der Waals surface area contributed by atoms with Gasteiger partial charge >= 0.3 is 12.3 Å². The molecule has 0 bridgehead atoms. The van der Waals surface area contributed by atoms with Crippen LogP contribution < -0.4 is 15.2 Å². The van der Waals surface area contributed by atoms with Gasteiger partial charge in [-0.1, -0.05) is 12.1 Å². The van der Waals surface area contributed by atoms with Crippen molar-refractivity contribution in [3.63, 3.8) is 0 Å². The van der Waals surface area contributed by atoms with Crippen LogP contribution in [0.1, 0.15) is 24.9 Å². The van der Waals surface area contributed by atoms with Crippen molar-refractivity contribution in [2.75, 3.05) is 6.61 Å². The van der Waals surface area contributed by atoms with Crippen molar-refractivity contribution in [3.8, 4) is 11.5 Å². The fourth-order valence-electron chi connectivity index (χ4n) is 1.79. The van der Waals surface area contributed by atoms with Crippen LogP contribution in [0, 0.1) is 0 Å². The maximum Gasteiger partial charge on any atom is 0.586 e. The van der Waals surface area contributed by atoms with Crippen LogP contribution in [0.15, 0.2) is 18.2 Å². The smallest absolute Gasteiger partial charge is 0.466 e. The predicted octanol–water partition coefficient (Wildman–Crippen LogP) is 1.96. The van der Waals surface area contributed by atoms with Crippen LogP contribution in [0.5, 0.6) is 11.5 Å². The van der Waals surface area contributed by atoms with Crippen LogP contribution in [0.3, 0.4) is 0 Å². The summed E-state index contributed by atoms with van der Waals surface area (Å²) < 4.78 is 39.4. The molecule has 0 aliphatic carbocycles. The molecule has 0 aromatic heterocycles. The second kappa shape index (κ2) is 5.00. The molecule has 1 aliphatic heterocycles. The molecule has 0 radical (unpaired) electrons. The molecule has 0 saturated carbocycles. The molecular weight excluding hydrogens is 260 g/mol. The van der Waals surface area contributed by atoms with Crippen LogP contribution >= 0.6 is 0 Å². The summed E-state index contributed by atoms with van der Waals surface area (Å²) in [6.45, 7) is 1.90. The molecule has 1 atom stereocenters. The molecule has 19 heavy (non-hydrogen) atoms. The van der Waals surface area contributed by atoms with E-state index in [0.717, 1.165) is 0 Å². The van der Waals surface area contributed by atoms with Gasteiger partial charge < -0.3 is 19.9 Å². The van der Waals surface area contributed by atoms with Gasteiger partial charge in [0.05, 0.1) is 13.0 Å². The predicted molar refractivity (Wildman–Crippen MR) is 60.8 cm³/mol. The van der Waals surface area contributed by atoms with Crippen molar-refractivity contribution >= 4 is 5.97 Å². The first-order chi connectivity index (χ1) is 8.93. The number of alkyl halides is 2. The lowest BCUT2D eigenvalue weighted by Crippen LogP contribution is -2.26. The van der Waals surface area contributed by atoms with E-state index in [1.165, 1.54) is 18.2 Å². The molecule has 0 saturated heterocycles. The molecule has 7 heteroatoms. The molecule has 5 nitrogen and oxygen atoms in total. The Balaban J connectivity index is 2.18. The van der Waals surface area contributed by atoms with Crippen LogP contribution in [-0.4, -0.2) is 18.9 Å². The first-order valence-electron chi connectivity index (χ1n) is 5.73. The average molecular weight is 273 g/mol. The molecule has 0 spiro atoms. The van der Waals surface area contributed by atoms with Gasteiger partial charge in [0.2, 0.25) is 0 Å². The molecule has 1 aromatic carbocycles. The van der Waals surface area contributed by atoms with Crippen LogP contribution in [0.25, 0.3) is 0 Å². The fraction of sp³-hybridized carbons (Fsp3) is 0.417. The number of carbonyl (C=O) groups is 1. The Labute approximate surface area is 108 Å². The molecule has 0 unspecified atom stereocenters. The quantitative estimate of drug-likeness (QED) is 0.849. The number of benzene rings is 1. The minimum Gasteiger partial charge on any atom is -0.466 e. The summed E-state index contributed by atoms with van der Waals surface area (Å²) in [7, 11) is 0. The minimum atomic E-state index is -3.71. The van der Waals surface area contributed by atoms with E-state index in [1.807, 2.05) is 0 Å². The Hall–Kier alpha value is -1.89. The van der Waals surface area contributed by atoms with Gasteiger partial charge in [0.25, 0.3) is 0 Å². The maximum absolute atomic E-state index is 13.0. The molecule has 0 fully saturated rings. The molecule has 0 amide bonds. The van der Waals surface area contributed by atoms with E-state index in [2.05, 4.69) is 9.47 Å². The molecule has 2 rings (SSSR count). The third kappa shape index (κ3) is 2.93. The second-order valence-electron chi connectivity index (χ2n) is 3.96. The fourth-order valence-corrected chi connectivity index (χ4v) is 1.79. The van der Waals surface area contributed by atoms with Crippen LogP contribution in [0.4, 0.5) is 8.78 Å². The Bertz CT molecular complexity index is 493. The van der Waals surface area contributed by atoms with Gasteiger partial charge in [-0.25, -0.2) is 0 Å². The number of rotatable bonds is 4. The van der Waals surface area contributed by atoms with Gasteiger partial charge in [0, 0.05) is 11.6 Å². The van der Waals surface area contributed by atoms with E-state index in [1.54, 1.807) is 6.92 Å². The van der Waals surface area contributed by atoms with E-state index in [9.17, 15) is 13.6 Å². The number of esters is 1. The highest BCUT2D eigenvalue weighted by Gasteiger charge is 2.45. The highest BCUT2D eigenvalue weighted by atomic mass is 19.3. The molecule has 104 valence electrons. The van der Waals surface area contributed by atoms with E-state index < -0.39 is 18.3 Å². The molecule has 1 aromatic rings. The van der Waals surface area contributed by atoms with Gasteiger partial charge in [0.15, 0.2) is 11.5 Å².